The number of carbonyl (C=O) groups is 1. The second-order valence-corrected chi connectivity index (χ2v) is 13.3. The second-order valence-electron chi connectivity index (χ2n) is 11.6. The van der Waals surface area contributed by atoms with Crippen molar-refractivity contribution in [1.29, 1.82) is 0 Å². The third kappa shape index (κ3) is 8.15. The van der Waals surface area contributed by atoms with Gasteiger partial charge in [-0.3, -0.25) is 4.79 Å². The van der Waals surface area contributed by atoms with Crippen LogP contribution in [0.5, 0.6) is 0 Å². The van der Waals surface area contributed by atoms with Gasteiger partial charge in [0.2, 0.25) is 15.9 Å². The predicted octanol–water partition coefficient (Wildman–Crippen LogP) is 7.64. The Morgan fingerprint density at radius 1 is 0.846 bits per heavy atom. The highest BCUT2D eigenvalue weighted by Crippen LogP contribution is 2.35. The van der Waals surface area contributed by atoms with Crippen molar-refractivity contribution in [3.8, 4) is 0 Å². The summed E-state index contributed by atoms with van der Waals surface area (Å²) in [6.45, 7) is 14.2. The van der Waals surface area contributed by atoms with Gasteiger partial charge in [0.25, 0.3) is 0 Å². The molecule has 0 fully saturated rings. The first-order chi connectivity index (χ1) is 18.4. The maximum atomic E-state index is 14.1. The van der Waals surface area contributed by atoms with Crippen molar-refractivity contribution in [2.45, 2.75) is 109 Å². The molecule has 0 saturated carbocycles. The quantitative estimate of drug-likeness (QED) is 0.267. The Kier molecular flexibility index (Phi) is 10.7. The summed E-state index contributed by atoms with van der Waals surface area (Å²) in [5.74, 6) is 0.285. The van der Waals surface area contributed by atoms with E-state index in [-0.39, 0.29) is 17.7 Å². The Hall–Kier alpha value is -2.70. The topological polar surface area (TPSA) is 75.3 Å². The van der Waals surface area contributed by atoms with Crippen LogP contribution < -0.4 is 10.0 Å². The van der Waals surface area contributed by atoms with Crippen LogP contribution in [0.3, 0.4) is 0 Å². The average Bonchev–Trinajstić information content (AvgIpc) is 2.90. The molecule has 2 aromatic rings. The normalized spacial score (nSPS) is 15.5. The van der Waals surface area contributed by atoms with Gasteiger partial charge in [-0.1, -0.05) is 108 Å². The number of hydrogen-bond donors (Lipinski definition) is 2. The first-order valence-corrected chi connectivity index (χ1v) is 15.8. The second kappa shape index (κ2) is 13.6. The van der Waals surface area contributed by atoms with E-state index in [1.165, 1.54) is 5.57 Å². The third-order valence-electron chi connectivity index (χ3n) is 7.43. The van der Waals surface area contributed by atoms with Gasteiger partial charge in [0.1, 0.15) is 0 Å². The van der Waals surface area contributed by atoms with E-state index in [9.17, 15) is 13.2 Å². The van der Waals surface area contributed by atoms with Crippen molar-refractivity contribution in [3.63, 3.8) is 0 Å². The zero-order chi connectivity index (χ0) is 28.7. The SMILES string of the molecule is CC(C)c1cc(C(C)C)c(S(=O)(=O)N[C@@H](C)[C@@H](NC(=O)CCC2=CCC=CC2)c2ccccc2)c(C(C)C)c1. The molecule has 1 aliphatic rings. The molecular formula is C33H46N2O3S. The van der Waals surface area contributed by atoms with Gasteiger partial charge >= 0.3 is 0 Å². The number of hydrogen-bond acceptors (Lipinski definition) is 3. The minimum Gasteiger partial charge on any atom is -0.348 e. The van der Waals surface area contributed by atoms with Gasteiger partial charge in [-0.05, 0) is 66.2 Å². The first-order valence-electron chi connectivity index (χ1n) is 14.3. The van der Waals surface area contributed by atoms with Gasteiger partial charge in [-0.2, -0.15) is 0 Å². The zero-order valence-electron chi connectivity index (χ0n) is 24.6. The molecule has 3 rings (SSSR count). The maximum Gasteiger partial charge on any atom is 0.241 e. The molecule has 0 aliphatic heterocycles. The summed E-state index contributed by atoms with van der Waals surface area (Å²) in [6, 6.07) is 12.6. The zero-order valence-corrected chi connectivity index (χ0v) is 25.4. The van der Waals surface area contributed by atoms with E-state index in [0.717, 1.165) is 35.1 Å². The Balaban J connectivity index is 1.92. The number of amides is 1. The number of allylic oxidation sites excluding steroid dienone is 4. The molecule has 0 spiro atoms. The molecule has 6 heteroatoms. The van der Waals surface area contributed by atoms with Crippen LogP contribution in [0, 0.1) is 0 Å². The molecule has 1 amide bonds. The lowest BCUT2D eigenvalue weighted by molar-refractivity contribution is -0.122. The fourth-order valence-electron chi connectivity index (χ4n) is 5.10. The summed E-state index contributed by atoms with van der Waals surface area (Å²) in [4.78, 5) is 13.4. The van der Waals surface area contributed by atoms with Crippen molar-refractivity contribution < 1.29 is 13.2 Å². The summed E-state index contributed by atoms with van der Waals surface area (Å²) in [7, 11) is -3.89. The molecule has 0 aromatic heterocycles. The average molecular weight is 551 g/mol. The summed E-state index contributed by atoms with van der Waals surface area (Å²) in [5.41, 5.74) is 4.95. The fourth-order valence-corrected chi connectivity index (χ4v) is 7.06. The van der Waals surface area contributed by atoms with E-state index < -0.39 is 22.1 Å². The number of carbonyl (C=O) groups excluding carboxylic acids is 1. The van der Waals surface area contributed by atoms with Crippen molar-refractivity contribution in [3.05, 3.63) is 88.5 Å². The molecule has 0 heterocycles. The van der Waals surface area contributed by atoms with E-state index >= 15 is 0 Å². The number of rotatable bonds is 12. The van der Waals surface area contributed by atoms with Crippen LogP contribution in [0.1, 0.15) is 120 Å². The van der Waals surface area contributed by atoms with E-state index in [4.69, 9.17) is 0 Å². The highest BCUT2D eigenvalue weighted by atomic mass is 32.2. The summed E-state index contributed by atoms with van der Waals surface area (Å²) in [5, 5.41) is 3.13. The van der Waals surface area contributed by atoms with Crippen LogP contribution in [0.2, 0.25) is 0 Å². The van der Waals surface area contributed by atoms with Gasteiger partial charge in [-0.25, -0.2) is 13.1 Å². The highest BCUT2D eigenvalue weighted by Gasteiger charge is 2.31. The van der Waals surface area contributed by atoms with Crippen LogP contribution in [-0.4, -0.2) is 20.4 Å². The lowest BCUT2D eigenvalue weighted by atomic mass is 9.89. The number of benzene rings is 2. The van der Waals surface area contributed by atoms with Crippen LogP contribution in [0.25, 0.3) is 0 Å². The van der Waals surface area contributed by atoms with Crippen molar-refractivity contribution in [2.24, 2.45) is 0 Å². The monoisotopic (exact) mass is 550 g/mol. The number of sulfonamides is 1. The predicted molar refractivity (Wildman–Crippen MR) is 162 cm³/mol. The molecule has 2 atom stereocenters. The molecule has 2 N–H and O–H groups in total. The van der Waals surface area contributed by atoms with E-state index in [0.29, 0.717) is 23.7 Å². The molecule has 2 aromatic carbocycles. The molecule has 5 nitrogen and oxygen atoms in total. The fraction of sp³-hybridized carbons (Fsp3) is 0.485. The molecule has 0 radical (unpaired) electrons. The van der Waals surface area contributed by atoms with Gasteiger partial charge in [0.15, 0.2) is 0 Å². The van der Waals surface area contributed by atoms with Crippen molar-refractivity contribution >= 4 is 15.9 Å². The standard InChI is InChI=1S/C33H46N2O3S/c1-22(2)28-20-29(23(3)4)33(30(21-28)24(5)6)39(37,38)35-25(7)32(27-16-12-9-13-17-27)34-31(36)19-18-26-14-10-8-11-15-26/h8-10,12-13,15-17,20-25,32,35H,11,14,18-19H2,1-7H3,(H,34,36)/t25-,32+/m0/s1. The van der Waals surface area contributed by atoms with Gasteiger partial charge in [-0.15, -0.1) is 0 Å². The smallest absolute Gasteiger partial charge is 0.241 e. The Morgan fingerprint density at radius 3 is 1.97 bits per heavy atom. The maximum absolute atomic E-state index is 14.1. The Labute approximate surface area is 236 Å². The number of nitrogens with one attached hydrogen (secondary N) is 2. The van der Waals surface area contributed by atoms with E-state index in [1.807, 2.05) is 77.1 Å². The molecule has 39 heavy (non-hydrogen) atoms. The molecule has 0 saturated heterocycles. The molecule has 1 aliphatic carbocycles. The lowest BCUT2D eigenvalue weighted by Crippen LogP contribution is -2.45. The summed E-state index contributed by atoms with van der Waals surface area (Å²) >= 11 is 0. The van der Waals surface area contributed by atoms with Gasteiger partial charge < -0.3 is 5.32 Å². The van der Waals surface area contributed by atoms with Crippen LogP contribution in [0.15, 0.2) is 71.2 Å². The molecule has 0 bridgehead atoms. The largest absolute Gasteiger partial charge is 0.348 e. The summed E-state index contributed by atoms with van der Waals surface area (Å²) in [6.07, 6.45) is 9.33. The van der Waals surface area contributed by atoms with E-state index in [1.54, 1.807) is 0 Å². The molecule has 0 unspecified atom stereocenters. The Bertz CT molecular complexity index is 1260. The van der Waals surface area contributed by atoms with E-state index in [2.05, 4.69) is 42.1 Å². The first kappa shape index (κ1) is 30.8. The van der Waals surface area contributed by atoms with Gasteiger partial charge in [0.05, 0.1) is 10.9 Å². The van der Waals surface area contributed by atoms with Gasteiger partial charge in [0, 0.05) is 12.5 Å². The van der Waals surface area contributed by atoms with Crippen LogP contribution in [-0.2, 0) is 14.8 Å². The summed E-state index contributed by atoms with van der Waals surface area (Å²) < 4.78 is 31.1. The minimum atomic E-state index is -3.89. The Morgan fingerprint density at radius 2 is 1.46 bits per heavy atom. The molecule has 212 valence electrons. The highest BCUT2D eigenvalue weighted by molar-refractivity contribution is 7.89. The van der Waals surface area contributed by atoms with Crippen molar-refractivity contribution in [1.82, 2.24) is 10.0 Å². The van der Waals surface area contributed by atoms with Crippen molar-refractivity contribution in [2.75, 3.05) is 0 Å². The third-order valence-corrected chi connectivity index (χ3v) is 9.12. The van der Waals surface area contributed by atoms with Crippen LogP contribution in [0.4, 0.5) is 0 Å². The minimum absolute atomic E-state index is 0.0386. The molecular weight excluding hydrogens is 504 g/mol. The lowest BCUT2D eigenvalue weighted by Gasteiger charge is -2.29. The van der Waals surface area contributed by atoms with Crippen LogP contribution >= 0.6 is 0 Å².